The maximum Gasteiger partial charge on any atom is 0.161 e. The zero-order chi connectivity index (χ0) is 14.5. The normalized spacial score (nSPS) is 13.2. The highest BCUT2D eigenvalue weighted by Gasteiger charge is 2.18. The van der Waals surface area contributed by atoms with E-state index >= 15 is 0 Å². The molecule has 1 aromatic carbocycles. The molecule has 3 heteroatoms. The standard InChI is InChI=1S/C16H27NO2/c1-6-18-14-9-8-12(10-15(14)19-7-2)13(17)11-16(3,4)5/h8-10,13H,6-7,11,17H2,1-5H3. The van der Waals surface area contributed by atoms with E-state index in [4.69, 9.17) is 15.2 Å². The molecule has 19 heavy (non-hydrogen) atoms. The summed E-state index contributed by atoms with van der Waals surface area (Å²) in [5, 5.41) is 0. The molecule has 0 aliphatic rings. The lowest BCUT2D eigenvalue weighted by Gasteiger charge is -2.24. The zero-order valence-electron chi connectivity index (χ0n) is 12.8. The van der Waals surface area contributed by atoms with Crippen LogP contribution < -0.4 is 15.2 Å². The molecule has 1 unspecified atom stereocenters. The monoisotopic (exact) mass is 265 g/mol. The van der Waals surface area contributed by atoms with Gasteiger partial charge in [0.15, 0.2) is 11.5 Å². The van der Waals surface area contributed by atoms with Gasteiger partial charge in [-0.1, -0.05) is 26.8 Å². The first-order chi connectivity index (χ1) is 8.87. The Morgan fingerprint density at radius 3 is 2.16 bits per heavy atom. The van der Waals surface area contributed by atoms with Crippen LogP contribution in [0.25, 0.3) is 0 Å². The SMILES string of the molecule is CCOc1ccc(C(N)CC(C)(C)C)cc1OCC. The van der Waals surface area contributed by atoms with Crippen LogP contribution in [0.2, 0.25) is 0 Å². The topological polar surface area (TPSA) is 44.5 Å². The van der Waals surface area contributed by atoms with E-state index < -0.39 is 0 Å². The third kappa shape index (κ3) is 5.11. The molecule has 3 nitrogen and oxygen atoms in total. The fourth-order valence-corrected chi connectivity index (χ4v) is 2.08. The molecule has 0 aliphatic carbocycles. The summed E-state index contributed by atoms with van der Waals surface area (Å²) >= 11 is 0. The average molecular weight is 265 g/mol. The second kappa shape index (κ2) is 6.80. The highest BCUT2D eigenvalue weighted by molar-refractivity contribution is 5.44. The summed E-state index contributed by atoms with van der Waals surface area (Å²) < 4.78 is 11.2. The molecular weight excluding hydrogens is 238 g/mol. The Bertz CT molecular complexity index is 396. The van der Waals surface area contributed by atoms with E-state index in [0.29, 0.717) is 13.2 Å². The third-order valence-electron chi connectivity index (χ3n) is 2.83. The fourth-order valence-electron chi connectivity index (χ4n) is 2.08. The summed E-state index contributed by atoms with van der Waals surface area (Å²) in [6.07, 6.45) is 0.937. The molecule has 0 radical (unpaired) electrons. The quantitative estimate of drug-likeness (QED) is 0.848. The van der Waals surface area contributed by atoms with Gasteiger partial charge < -0.3 is 15.2 Å². The van der Waals surface area contributed by atoms with Crippen LogP contribution in [-0.4, -0.2) is 13.2 Å². The first-order valence-corrected chi connectivity index (χ1v) is 7.02. The number of hydrogen-bond donors (Lipinski definition) is 1. The van der Waals surface area contributed by atoms with Gasteiger partial charge >= 0.3 is 0 Å². The Morgan fingerprint density at radius 1 is 1.05 bits per heavy atom. The number of rotatable bonds is 6. The lowest BCUT2D eigenvalue weighted by atomic mass is 9.86. The first kappa shape index (κ1) is 15.8. The molecule has 0 saturated heterocycles. The average Bonchev–Trinajstić information content (AvgIpc) is 2.29. The minimum atomic E-state index is 0.0230. The van der Waals surface area contributed by atoms with E-state index in [1.165, 1.54) is 0 Å². The van der Waals surface area contributed by atoms with Crippen LogP contribution in [0.4, 0.5) is 0 Å². The van der Waals surface area contributed by atoms with Crippen molar-refractivity contribution in [2.24, 2.45) is 11.1 Å². The van der Waals surface area contributed by atoms with E-state index in [1.807, 2.05) is 32.0 Å². The molecule has 0 bridgehead atoms. The predicted molar refractivity (Wildman–Crippen MR) is 79.8 cm³/mol. The maximum absolute atomic E-state index is 6.27. The Kier molecular flexibility index (Phi) is 5.67. The van der Waals surface area contributed by atoms with Crippen LogP contribution in [0.1, 0.15) is 52.6 Å². The second-order valence-electron chi connectivity index (χ2n) is 5.94. The van der Waals surface area contributed by atoms with Crippen LogP contribution in [0.15, 0.2) is 18.2 Å². The van der Waals surface area contributed by atoms with E-state index in [-0.39, 0.29) is 11.5 Å². The number of hydrogen-bond acceptors (Lipinski definition) is 3. The first-order valence-electron chi connectivity index (χ1n) is 7.02. The van der Waals surface area contributed by atoms with Crippen molar-refractivity contribution in [2.45, 2.75) is 47.1 Å². The van der Waals surface area contributed by atoms with Crippen LogP contribution in [0.3, 0.4) is 0 Å². The van der Waals surface area contributed by atoms with Crippen LogP contribution >= 0.6 is 0 Å². The lowest BCUT2D eigenvalue weighted by Crippen LogP contribution is -2.18. The summed E-state index contributed by atoms with van der Waals surface area (Å²) in [5.41, 5.74) is 7.58. The smallest absolute Gasteiger partial charge is 0.161 e. The lowest BCUT2D eigenvalue weighted by molar-refractivity contribution is 0.286. The highest BCUT2D eigenvalue weighted by Crippen LogP contribution is 2.33. The Labute approximate surface area is 117 Å². The molecule has 108 valence electrons. The third-order valence-corrected chi connectivity index (χ3v) is 2.83. The van der Waals surface area contributed by atoms with Crippen molar-refractivity contribution < 1.29 is 9.47 Å². The molecule has 0 fully saturated rings. The van der Waals surface area contributed by atoms with Gasteiger partial charge in [-0.15, -0.1) is 0 Å². The molecule has 0 aromatic heterocycles. The van der Waals surface area contributed by atoms with Gasteiger partial charge in [0.05, 0.1) is 13.2 Å². The van der Waals surface area contributed by atoms with Gasteiger partial charge in [-0.2, -0.15) is 0 Å². The summed E-state index contributed by atoms with van der Waals surface area (Å²) in [5.74, 6) is 1.57. The summed E-state index contributed by atoms with van der Waals surface area (Å²) in [6, 6.07) is 6.01. The minimum absolute atomic E-state index is 0.0230. The van der Waals surface area contributed by atoms with E-state index in [0.717, 1.165) is 23.5 Å². The predicted octanol–water partition coefficient (Wildman–Crippen LogP) is 3.92. The van der Waals surface area contributed by atoms with E-state index in [9.17, 15) is 0 Å². The second-order valence-corrected chi connectivity index (χ2v) is 5.94. The molecule has 1 rings (SSSR count). The number of nitrogens with two attached hydrogens (primary N) is 1. The summed E-state index contributed by atoms with van der Waals surface area (Å²) in [4.78, 5) is 0. The Balaban J connectivity index is 2.93. The zero-order valence-corrected chi connectivity index (χ0v) is 12.8. The van der Waals surface area contributed by atoms with Crippen molar-refractivity contribution >= 4 is 0 Å². The van der Waals surface area contributed by atoms with Gasteiger partial charge in [0, 0.05) is 6.04 Å². The molecule has 2 N–H and O–H groups in total. The fraction of sp³-hybridized carbons (Fsp3) is 0.625. The van der Waals surface area contributed by atoms with Crippen molar-refractivity contribution in [3.05, 3.63) is 23.8 Å². The van der Waals surface area contributed by atoms with Crippen LogP contribution in [0.5, 0.6) is 11.5 Å². The molecule has 0 aliphatic heterocycles. The Hall–Kier alpha value is -1.22. The largest absolute Gasteiger partial charge is 0.490 e. The van der Waals surface area contributed by atoms with E-state index in [2.05, 4.69) is 20.8 Å². The minimum Gasteiger partial charge on any atom is -0.490 e. The van der Waals surface area contributed by atoms with Crippen LogP contribution in [-0.2, 0) is 0 Å². The molecule has 0 amide bonds. The molecule has 1 atom stereocenters. The van der Waals surface area contributed by atoms with Crippen molar-refractivity contribution in [3.63, 3.8) is 0 Å². The van der Waals surface area contributed by atoms with Crippen molar-refractivity contribution in [1.29, 1.82) is 0 Å². The molecular formula is C16H27NO2. The highest BCUT2D eigenvalue weighted by atomic mass is 16.5. The Morgan fingerprint density at radius 2 is 1.63 bits per heavy atom. The molecule has 0 saturated carbocycles. The van der Waals surface area contributed by atoms with Gasteiger partial charge in [0.25, 0.3) is 0 Å². The van der Waals surface area contributed by atoms with Crippen molar-refractivity contribution in [3.8, 4) is 11.5 Å². The number of benzene rings is 1. The molecule has 1 aromatic rings. The van der Waals surface area contributed by atoms with Crippen molar-refractivity contribution in [1.82, 2.24) is 0 Å². The van der Waals surface area contributed by atoms with E-state index in [1.54, 1.807) is 0 Å². The van der Waals surface area contributed by atoms with Gasteiger partial charge in [0.2, 0.25) is 0 Å². The molecule has 0 spiro atoms. The molecule has 0 heterocycles. The summed E-state index contributed by atoms with van der Waals surface area (Å²) in [7, 11) is 0. The van der Waals surface area contributed by atoms with Crippen LogP contribution in [0, 0.1) is 5.41 Å². The van der Waals surface area contributed by atoms with Gasteiger partial charge in [-0.3, -0.25) is 0 Å². The van der Waals surface area contributed by atoms with Crippen molar-refractivity contribution in [2.75, 3.05) is 13.2 Å². The maximum atomic E-state index is 6.27. The number of ether oxygens (including phenoxy) is 2. The van der Waals surface area contributed by atoms with Gasteiger partial charge in [-0.25, -0.2) is 0 Å². The summed E-state index contributed by atoms with van der Waals surface area (Å²) in [6.45, 7) is 11.8. The van der Waals surface area contributed by atoms with Gasteiger partial charge in [-0.05, 0) is 43.4 Å². The van der Waals surface area contributed by atoms with Gasteiger partial charge in [0.1, 0.15) is 0 Å².